The molecule has 0 radical (unpaired) electrons. The molecule has 0 heterocycles. The third kappa shape index (κ3) is 6.44. The van der Waals surface area contributed by atoms with Gasteiger partial charge in [0.25, 0.3) is 0 Å². The zero-order valence-electron chi connectivity index (χ0n) is 13.7. The lowest BCUT2D eigenvalue weighted by molar-refractivity contribution is -0.135. The second-order valence-electron chi connectivity index (χ2n) is 5.89. The standard InChI is InChI=1S/C19H24O3/c1-13(2)5-7-15-9-16(8-6-14(3)4)11-17(10-15)12-18(20)19(21)22/h5-6,9-12,20H,7-8H2,1-4H3,(H,21,22). The normalized spacial score (nSPS) is 11.0. The van der Waals surface area contributed by atoms with Crippen molar-refractivity contribution in [3.8, 4) is 0 Å². The molecule has 0 aromatic heterocycles. The first-order valence-corrected chi connectivity index (χ1v) is 7.31. The van der Waals surface area contributed by atoms with Crippen molar-refractivity contribution in [2.45, 2.75) is 40.5 Å². The summed E-state index contributed by atoms with van der Waals surface area (Å²) in [4.78, 5) is 10.8. The van der Waals surface area contributed by atoms with Crippen molar-refractivity contribution in [1.29, 1.82) is 0 Å². The summed E-state index contributed by atoms with van der Waals surface area (Å²) in [5.74, 6) is -1.96. The smallest absolute Gasteiger partial charge is 0.370 e. The van der Waals surface area contributed by atoms with Crippen molar-refractivity contribution >= 4 is 12.0 Å². The number of hydrogen-bond donors (Lipinski definition) is 2. The Morgan fingerprint density at radius 2 is 1.36 bits per heavy atom. The summed E-state index contributed by atoms with van der Waals surface area (Å²) in [6.07, 6.45) is 7.13. The van der Waals surface area contributed by atoms with Gasteiger partial charge in [-0.25, -0.2) is 4.79 Å². The molecule has 0 saturated heterocycles. The van der Waals surface area contributed by atoms with E-state index >= 15 is 0 Å². The van der Waals surface area contributed by atoms with Crippen LogP contribution in [0.4, 0.5) is 0 Å². The predicted molar refractivity (Wildman–Crippen MR) is 91.0 cm³/mol. The fraction of sp³-hybridized carbons (Fsp3) is 0.316. The van der Waals surface area contributed by atoms with Crippen LogP contribution < -0.4 is 0 Å². The topological polar surface area (TPSA) is 57.5 Å². The lowest BCUT2D eigenvalue weighted by Crippen LogP contribution is -1.99. The molecule has 0 unspecified atom stereocenters. The van der Waals surface area contributed by atoms with Crippen LogP contribution in [0.3, 0.4) is 0 Å². The molecule has 0 aliphatic rings. The number of hydrogen-bond acceptors (Lipinski definition) is 2. The molecule has 0 spiro atoms. The van der Waals surface area contributed by atoms with Gasteiger partial charge in [0.2, 0.25) is 5.76 Å². The SMILES string of the molecule is CC(C)=CCc1cc(C=C(O)C(=O)O)cc(CC=C(C)C)c1. The summed E-state index contributed by atoms with van der Waals surface area (Å²) in [6, 6.07) is 5.93. The average Bonchev–Trinajstić information content (AvgIpc) is 2.42. The third-order valence-electron chi connectivity index (χ3n) is 3.09. The van der Waals surface area contributed by atoms with Crippen LogP contribution in [0.5, 0.6) is 0 Å². The number of aliphatic hydroxyl groups is 1. The van der Waals surface area contributed by atoms with Crippen LogP contribution in [0.1, 0.15) is 44.4 Å². The van der Waals surface area contributed by atoms with E-state index in [0.717, 1.165) is 24.0 Å². The van der Waals surface area contributed by atoms with Crippen LogP contribution in [-0.4, -0.2) is 16.2 Å². The minimum atomic E-state index is -1.32. The van der Waals surface area contributed by atoms with Gasteiger partial charge in [0.1, 0.15) is 0 Å². The molecule has 0 amide bonds. The highest BCUT2D eigenvalue weighted by molar-refractivity contribution is 5.89. The molecule has 1 aromatic rings. The van der Waals surface area contributed by atoms with Gasteiger partial charge in [-0.05, 0) is 63.3 Å². The molecule has 0 aliphatic heterocycles. The Labute approximate surface area is 132 Å². The van der Waals surface area contributed by atoms with Crippen molar-refractivity contribution in [3.63, 3.8) is 0 Å². The predicted octanol–water partition coefficient (Wildman–Crippen LogP) is 4.69. The van der Waals surface area contributed by atoms with E-state index in [1.54, 1.807) is 0 Å². The van der Waals surface area contributed by atoms with Gasteiger partial charge in [0, 0.05) is 0 Å². The molecule has 22 heavy (non-hydrogen) atoms. The molecule has 118 valence electrons. The van der Waals surface area contributed by atoms with Gasteiger partial charge in [-0.1, -0.05) is 41.5 Å². The molecule has 0 atom stereocenters. The zero-order valence-corrected chi connectivity index (χ0v) is 13.7. The molecular weight excluding hydrogens is 276 g/mol. The highest BCUT2D eigenvalue weighted by atomic mass is 16.4. The highest BCUT2D eigenvalue weighted by Gasteiger charge is 2.05. The first kappa shape index (κ1) is 17.8. The van der Waals surface area contributed by atoms with E-state index in [0.29, 0.717) is 5.56 Å². The van der Waals surface area contributed by atoms with Gasteiger partial charge in [-0.3, -0.25) is 0 Å². The Morgan fingerprint density at radius 3 is 1.73 bits per heavy atom. The minimum Gasteiger partial charge on any atom is -0.502 e. The molecule has 0 fully saturated rings. The summed E-state index contributed by atoms with van der Waals surface area (Å²) >= 11 is 0. The second kappa shape index (κ2) is 8.23. The molecular formula is C19H24O3. The second-order valence-corrected chi connectivity index (χ2v) is 5.89. The Morgan fingerprint density at radius 1 is 0.909 bits per heavy atom. The van der Waals surface area contributed by atoms with E-state index in [1.807, 2.05) is 39.8 Å². The fourth-order valence-corrected chi connectivity index (χ4v) is 1.97. The molecule has 0 saturated carbocycles. The quantitative estimate of drug-likeness (QED) is 0.455. The first-order valence-electron chi connectivity index (χ1n) is 7.31. The van der Waals surface area contributed by atoms with Gasteiger partial charge in [-0.15, -0.1) is 0 Å². The van der Waals surface area contributed by atoms with Crippen molar-refractivity contribution < 1.29 is 15.0 Å². The Bertz CT molecular complexity index is 588. The monoisotopic (exact) mass is 300 g/mol. The van der Waals surface area contributed by atoms with Gasteiger partial charge in [0.15, 0.2) is 0 Å². The summed E-state index contributed by atoms with van der Waals surface area (Å²) in [5, 5.41) is 18.2. The lowest BCUT2D eigenvalue weighted by Gasteiger charge is -2.06. The van der Waals surface area contributed by atoms with E-state index in [9.17, 15) is 9.90 Å². The number of aliphatic hydroxyl groups excluding tert-OH is 1. The Kier molecular flexibility index (Phi) is 6.64. The summed E-state index contributed by atoms with van der Waals surface area (Å²) in [6.45, 7) is 8.18. The maximum atomic E-state index is 10.8. The molecule has 3 heteroatoms. The average molecular weight is 300 g/mol. The molecule has 2 N–H and O–H groups in total. The van der Waals surface area contributed by atoms with Crippen molar-refractivity contribution in [3.05, 3.63) is 63.9 Å². The number of carboxylic acid groups (broad SMARTS) is 1. The fourth-order valence-electron chi connectivity index (χ4n) is 1.97. The third-order valence-corrected chi connectivity index (χ3v) is 3.09. The van der Waals surface area contributed by atoms with Crippen LogP contribution in [0.25, 0.3) is 6.08 Å². The van der Waals surface area contributed by atoms with Gasteiger partial charge < -0.3 is 10.2 Å². The van der Waals surface area contributed by atoms with Crippen molar-refractivity contribution in [2.75, 3.05) is 0 Å². The van der Waals surface area contributed by atoms with E-state index in [1.165, 1.54) is 17.2 Å². The van der Waals surface area contributed by atoms with Crippen LogP contribution in [0.2, 0.25) is 0 Å². The molecule has 3 nitrogen and oxygen atoms in total. The molecule has 0 bridgehead atoms. The van der Waals surface area contributed by atoms with Gasteiger partial charge >= 0.3 is 5.97 Å². The summed E-state index contributed by atoms with van der Waals surface area (Å²) in [5.41, 5.74) is 5.38. The first-order chi connectivity index (χ1) is 10.3. The van der Waals surface area contributed by atoms with Crippen LogP contribution in [-0.2, 0) is 17.6 Å². The minimum absolute atomic E-state index is 0.646. The summed E-state index contributed by atoms with van der Waals surface area (Å²) in [7, 11) is 0. The number of carboxylic acids is 1. The molecule has 0 aliphatic carbocycles. The number of carbonyl (C=O) groups is 1. The maximum Gasteiger partial charge on any atom is 0.370 e. The van der Waals surface area contributed by atoms with E-state index in [-0.39, 0.29) is 0 Å². The Hall–Kier alpha value is -2.29. The Balaban J connectivity index is 3.19. The van der Waals surface area contributed by atoms with E-state index in [2.05, 4.69) is 18.2 Å². The van der Waals surface area contributed by atoms with Crippen LogP contribution in [0, 0.1) is 0 Å². The summed E-state index contributed by atoms with van der Waals surface area (Å²) < 4.78 is 0. The van der Waals surface area contributed by atoms with E-state index < -0.39 is 11.7 Å². The number of rotatable bonds is 6. The van der Waals surface area contributed by atoms with Crippen molar-refractivity contribution in [2.24, 2.45) is 0 Å². The largest absolute Gasteiger partial charge is 0.502 e. The maximum absolute atomic E-state index is 10.8. The lowest BCUT2D eigenvalue weighted by atomic mass is 9.99. The van der Waals surface area contributed by atoms with Crippen LogP contribution in [0.15, 0.2) is 47.3 Å². The number of benzene rings is 1. The van der Waals surface area contributed by atoms with Gasteiger partial charge in [0.05, 0.1) is 0 Å². The van der Waals surface area contributed by atoms with E-state index in [4.69, 9.17) is 5.11 Å². The number of allylic oxidation sites excluding steroid dienone is 4. The zero-order chi connectivity index (χ0) is 16.7. The molecule has 1 rings (SSSR count). The van der Waals surface area contributed by atoms with Gasteiger partial charge in [-0.2, -0.15) is 0 Å². The number of aliphatic carboxylic acids is 1. The van der Waals surface area contributed by atoms with Crippen molar-refractivity contribution in [1.82, 2.24) is 0 Å². The van der Waals surface area contributed by atoms with Crippen LogP contribution >= 0.6 is 0 Å². The molecule has 1 aromatic carbocycles. The highest BCUT2D eigenvalue weighted by Crippen LogP contribution is 2.16.